The van der Waals surface area contributed by atoms with Gasteiger partial charge in [-0.05, 0) is 84.3 Å². The molecule has 2 aromatic heterocycles. The summed E-state index contributed by atoms with van der Waals surface area (Å²) >= 11 is 0.360. The van der Waals surface area contributed by atoms with Crippen molar-refractivity contribution in [1.29, 1.82) is 0 Å². The Labute approximate surface area is 360 Å². The van der Waals surface area contributed by atoms with Crippen molar-refractivity contribution in [3.63, 3.8) is 0 Å². The van der Waals surface area contributed by atoms with Gasteiger partial charge in [0.05, 0.1) is 42.4 Å². The SMILES string of the molecule is CCOC(=O)C(C)(C)CCCOc1ccccc1C1(O)CCN(C(=O)[C@]2(Oc3csc(C(F)(F)F)c3)CCCN3C(=O)c4c(C(F)(F)F)ccnc4OCCC/C=C\C[C@@H]32)CC1. The van der Waals surface area contributed by atoms with E-state index in [1.165, 1.54) is 4.90 Å². The second-order valence-corrected chi connectivity index (χ2v) is 17.3. The van der Waals surface area contributed by atoms with Crippen molar-refractivity contribution in [2.45, 2.75) is 108 Å². The van der Waals surface area contributed by atoms with Crippen molar-refractivity contribution < 1.29 is 64.8 Å². The number of piperidine rings is 2. The number of ether oxygens (including phenoxy) is 4. The highest BCUT2D eigenvalue weighted by Crippen LogP contribution is 2.45. The summed E-state index contributed by atoms with van der Waals surface area (Å²) in [5, 5.41) is 13.2. The predicted molar refractivity (Wildman–Crippen MR) is 216 cm³/mol. The molecule has 0 aliphatic carbocycles. The summed E-state index contributed by atoms with van der Waals surface area (Å²) in [6.45, 7) is 5.61. The average Bonchev–Trinajstić information content (AvgIpc) is 3.71. The highest BCUT2D eigenvalue weighted by molar-refractivity contribution is 7.10. The molecule has 2 amide bonds. The summed E-state index contributed by atoms with van der Waals surface area (Å²) in [6.07, 6.45) is -3.63. The zero-order valence-corrected chi connectivity index (χ0v) is 35.6. The van der Waals surface area contributed by atoms with E-state index in [2.05, 4.69) is 4.98 Å². The number of pyridine rings is 1. The summed E-state index contributed by atoms with van der Waals surface area (Å²) in [4.78, 5) is 47.7. The van der Waals surface area contributed by atoms with Gasteiger partial charge in [0.2, 0.25) is 11.5 Å². The number of thiophene rings is 1. The third-order valence-electron chi connectivity index (χ3n) is 11.7. The van der Waals surface area contributed by atoms with Crippen molar-refractivity contribution in [2.75, 3.05) is 39.5 Å². The number of amides is 2. The average molecular weight is 896 g/mol. The molecule has 3 aliphatic rings. The van der Waals surface area contributed by atoms with Crippen LogP contribution in [0.15, 0.2) is 60.1 Å². The number of benzene rings is 1. The maximum Gasteiger partial charge on any atom is 0.425 e. The molecule has 3 aromatic rings. The fraction of sp³-hybridized carbons (Fsp3) is 0.545. The number of halogens is 6. The first-order chi connectivity index (χ1) is 29.3. The lowest BCUT2D eigenvalue weighted by Gasteiger charge is -2.51. The molecule has 0 unspecified atom stereocenters. The Balaban J connectivity index is 1.31. The Bertz CT molecular complexity index is 2100. The number of aromatic nitrogens is 1. The van der Waals surface area contributed by atoms with Crippen LogP contribution in [-0.2, 0) is 32.3 Å². The molecule has 0 bridgehead atoms. The van der Waals surface area contributed by atoms with Crippen molar-refractivity contribution in [3.8, 4) is 17.4 Å². The molecule has 0 radical (unpaired) electrons. The Hall–Kier alpha value is -4.84. The van der Waals surface area contributed by atoms with Gasteiger partial charge in [0.1, 0.15) is 21.9 Å². The van der Waals surface area contributed by atoms with Crippen LogP contribution in [0.25, 0.3) is 0 Å². The molecule has 5 heterocycles. The number of alkyl halides is 6. The Kier molecular flexibility index (Phi) is 14.2. The molecule has 11 nitrogen and oxygen atoms in total. The molecular weight excluding hydrogens is 845 g/mol. The number of rotatable bonds is 11. The number of hydrogen-bond donors (Lipinski definition) is 1. The number of likely N-dealkylation sites (tertiary alicyclic amines) is 1. The summed E-state index contributed by atoms with van der Waals surface area (Å²) < 4.78 is 109. The summed E-state index contributed by atoms with van der Waals surface area (Å²) in [7, 11) is 0. The van der Waals surface area contributed by atoms with E-state index in [0.29, 0.717) is 54.4 Å². The number of nitrogens with zero attached hydrogens (tertiary/aromatic N) is 3. The van der Waals surface area contributed by atoms with Gasteiger partial charge in [-0.1, -0.05) is 30.4 Å². The Morgan fingerprint density at radius 3 is 2.44 bits per heavy atom. The van der Waals surface area contributed by atoms with Gasteiger partial charge in [-0.25, -0.2) is 4.98 Å². The van der Waals surface area contributed by atoms with Gasteiger partial charge in [-0.2, -0.15) is 26.3 Å². The minimum atomic E-state index is -4.99. The number of para-hydroxylation sites is 1. The van der Waals surface area contributed by atoms with E-state index in [1.807, 2.05) is 0 Å². The summed E-state index contributed by atoms with van der Waals surface area (Å²) in [6, 6.07) is 7.09. The molecule has 0 spiro atoms. The van der Waals surface area contributed by atoms with Gasteiger partial charge in [0, 0.05) is 49.3 Å². The number of allylic oxidation sites excluding steroid dienone is 1. The maximum absolute atomic E-state index is 15.2. The molecule has 2 fully saturated rings. The molecule has 62 heavy (non-hydrogen) atoms. The van der Waals surface area contributed by atoms with Crippen LogP contribution in [0, 0.1) is 5.41 Å². The molecular formula is C44H51F6N3O8S. The summed E-state index contributed by atoms with van der Waals surface area (Å²) in [5.41, 5.74) is -5.91. The zero-order chi connectivity index (χ0) is 44.9. The van der Waals surface area contributed by atoms with E-state index in [-0.39, 0.29) is 83.3 Å². The number of aliphatic hydroxyl groups is 1. The van der Waals surface area contributed by atoms with Gasteiger partial charge in [-0.15, -0.1) is 11.3 Å². The monoisotopic (exact) mass is 895 g/mol. The largest absolute Gasteiger partial charge is 0.493 e. The Morgan fingerprint density at radius 1 is 1.00 bits per heavy atom. The molecule has 2 atom stereocenters. The van der Waals surface area contributed by atoms with Crippen LogP contribution in [0.3, 0.4) is 0 Å². The predicted octanol–water partition coefficient (Wildman–Crippen LogP) is 8.98. The van der Waals surface area contributed by atoms with Crippen LogP contribution in [0.2, 0.25) is 0 Å². The molecule has 1 aromatic carbocycles. The Morgan fingerprint density at radius 2 is 1.74 bits per heavy atom. The van der Waals surface area contributed by atoms with E-state index < -0.39 is 68.7 Å². The summed E-state index contributed by atoms with van der Waals surface area (Å²) in [5.74, 6) is -2.51. The van der Waals surface area contributed by atoms with Crippen LogP contribution in [0.1, 0.15) is 105 Å². The van der Waals surface area contributed by atoms with Crippen molar-refractivity contribution in [3.05, 3.63) is 81.7 Å². The smallest absolute Gasteiger partial charge is 0.425 e. The minimum absolute atomic E-state index is 0.0142. The zero-order valence-electron chi connectivity index (χ0n) is 34.8. The molecule has 338 valence electrons. The van der Waals surface area contributed by atoms with Crippen LogP contribution in [0.4, 0.5) is 26.3 Å². The number of fused-ring (bicyclic) bond motifs is 2. The molecule has 0 saturated carbocycles. The van der Waals surface area contributed by atoms with Gasteiger partial charge in [-0.3, -0.25) is 14.4 Å². The molecule has 2 saturated heterocycles. The van der Waals surface area contributed by atoms with Gasteiger partial charge >= 0.3 is 18.3 Å². The van der Waals surface area contributed by atoms with Gasteiger partial charge in [0.15, 0.2) is 0 Å². The van der Waals surface area contributed by atoms with Crippen LogP contribution in [-0.4, -0.2) is 88.8 Å². The van der Waals surface area contributed by atoms with E-state index in [4.69, 9.17) is 18.9 Å². The lowest BCUT2D eigenvalue weighted by molar-refractivity contribution is -0.163. The second-order valence-electron chi connectivity index (χ2n) is 16.4. The molecule has 1 N–H and O–H groups in total. The third kappa shape index (κ3) is 10.2. The van der Waals surface area contributed by atoms with Crippen LogP contribution < -0.4 is 14.2 Å². The minimum Gasteiger partial charge on any atom is -0.493 e. The molecule has 18 heteroatoms. The second kappa shape index (κ2) is 18.9. The normalized spacial score (nSPS) is 21.6. The number of hydrogen-bond acceptors (Lipinski definition) is 10. The van der Waals surface area contributed by atoms with Crippen molar-refractivity contribution in [1.82, 2.24) is 14.8 Å². The highest BCUT2D eigenvalue weighted by Gasteiger charge is 2.57. The first kappa shape index (κ1) is 46.7. The van der Waals surface area contributed by atoms with Crippen LogP contribution in [0.5, 0.6) is 17.4 Å². The topological polar surface area (TPSA) is 128 Å². The first-order valence-corrected chi connectivity index (χ1v) is 21.6. The van der Waals surface area contributed by atoms with E-state index in [0.717, 1.165) is 22.5 Å². The van der Waals surface area contributed by atoms with Crippen molar-refractivity contribution in [2.24, 2.45) is 5.41 Å². The quantitative estimate of drug-likeness (QED) is 0.0869. The van der Waals surface area contributed by atoms with E-state index in [1.54, 1.807) is 57.2 Å². The van der Waals surface area contributed by atoms with Crippen LogP contribution >= 0.6 is 11.3 Å². The number of esters is 1. The number of carbonyl (C=O) groups excluding carboxylic acids is 3. The van der Waals surface area contributed by atoms with E-state index >= 15 is 4.79 Å². The fourth-order valence-electron chi connectivity index (χ4n) is 8.36. The third-order valence-corrected chi connectivity index (χ3v) is 12.6. The lowest BCUT2D eigenvalue weighted by Crippen LogP contribution is -2.68. The maximum atomic E-state index is 15.2. The van der Waals surface area contributed by atoms with Gasteiger partial charge < -0.3 is 33.9 Å². The lowest BCUT2D eigenvalue weighted by atomic mass is 9.78. The highest BCUT2D eigenvalue weighted by atomic mass is 32.1. The molecule has 3 aliphatic heterocycles. The first-order valence-electron chi connectivity index (χ1n) is 20.7. The van der Waals surface area contributed by atoms with Crippen molar-refractivity contribution >= 4 is 29.1 Å². The van der Waals surface area contributed by atoms with E-state index in [9.17, 15) is 41.0 Å². The standard InChI is InChI=1S/C44H51F6N3O8S/c1-4-58-39(56)40(2,3)17-12-26-59-32-14-9-8-13-30(32)41(57)19-23-52(24-20-41)38(55)42(61-29-27-34(62-28-29)44(48,49)50)18-11-22-53-33(42)15-7-5-6-10-25-60-36-35(37(53)54)31(16-21-51-36)43(45,46)47/h5,7-9,13-14,16,21,27-28,33,57H,4,6,10-12,15,17-20,22-26H2,1-3H3/b7-5-/t33-,42+/m1/s1. The van der Waals surface area contributed by atoms with Gasteiger partial charge in [0.25, 0.3) is 11.8 Å². The fourth-order valence-corrected chi connectivity index (χ4v) is 9.04. The molecule has 6 rings (SSSR count). The number of carbonyl (C=O) groups is 3.